The predicted octanol–water partition coefficient (Wildman–Crippen LogP) is 31.5. The van der Waals surface area contributed by atoms with Crippen molar-refractivity contribution in [3.8, 4) is 0 Å². The van der Waals surface area contributed by atoms with Crippen molar-refractivity contribution >= 4 is 0 Å². The molecule has 0 amide bonds. The van der Waals surface area contributed by atoms with Gasteiger partial charge in [0.2, 0.25) is 0 Å². The van der Waals surface area contributed by atoms with Gasteiger partial charge >= 0.3 is 0 Å². The lowest BCUT2D eigenvalue weighted by molar-refractivity contribution is -0.0100. The van der Waals surface area contributed by atoms with Crippen molar-refractivity contribution in [1.29, 1.82) is 0 Å². The van der Waals surface area contributed by atoms with E-state index in [2.05, 4.69) is 51.6 Å². The number of nitrogens with zero attached hydrogens (tertiary/aromatic N) is 3. The van der Waals surface area contributed by atoms with Gasteiger partial charge < -0.3 is 24.7 Å². The van der Waals surface area contributed by atoms with E-state index in [4.69, 9.17) is 30.2 Å². The predicted molar refractivity (Wildman–Crippen MR) is 438 cm³/mol. The van der Waals surface area contributed by atoms with Crippen LogP contribution < -0.4 is 5.73 Å². The number of hydrogen-bond acceptors (Lipinski definition) is 6. The summed E-state index contributed by atoms with van der Waals surface area (Å²) in [5.74, 6) is 0. The van der Waals surface area contributed by atoms with Gasteiger partial charge in [-0.1, -0.05) is 483 Å². The first kappa shape index (κ1) is 99.2. The van der Waals surface area contributed by atoms with Crippen molar-refractivity contribution in [3.05, 3.63) is 10.4 Å². The summed E-state index contributed by atoms with van der Waals surface area (Å²) in [6.07, 6.45) is 101. The van der Waals surface area contributed by atoms with Crippen LogP contribution in [0.1, 0.15) is 504 Å². The Balaban J connectivity index is 0. The van der Waals surface area contributed by atoms with Crippen LogP contribution in [-0.4, -0.2) is 65.9 Å². The van der Waals surface area contributed by atoms with Crippen LogP contribution in [0.25, 0.3) is 10.4 Å². The second kappa shape index (κ2) is 88.5. The highest BCUT2D eigenvalue weighted by atomic mass is 16.5. The van der Waals surface area contributed by atoms with Crippen molar-refractivity contribution in [1.82, 2.24) is 0 Å². The highest BCUT2D eigenvalue weighted by Crippen LogP contribution is 2.23. The molecule has 0 aromatic rings. The molecule has 0 heterocycles. The van der Waals surface area contributed by atoms with Crippen molar-refractivity contribution < 1.29 is 18.9 Å². The molecule has 0 fully saturated rings. The maximum absolute atomic E-state index is 8.89. The molecule has 0 aliphatic carbocycles. The minimum absolute atomic E-state index is 0.0531. The molecule has 0 saturated heterocycles. The second-order valence-electron chi connectivity index (χ2n) is 32.5. The number of rotatable bonds is 87. The van der Waals surface area contributed by atoms with Gasteiger partial charge in [-0.2, -0.15) is 0 Å². The third kappa shape index (κ3) is 85.8. The van der Waals surface area contributed by atoms with Crippen molar-refractivity contribution in [2.75, 3.05) is 65.9 Å². The summed E-state index contributed by atoms with van der Waals surface area (Å²) >= 11 is 0. The minimum Gasteiger partial charge on any atom is -0.381 e. The Kier molecular flexibility index (Phi) is 89.6. The van der Waals surface area contributed by atoms with Crippen LogP contribution in [0.3, 0.4) is 0 Å². The lowest BCUT2D eigenvalue weighted by atomic mass is 9.93. The molecule has 0 saturated carbocycles. The van der Waals surface area contributed by atoms with E-state index in [1.165, 1.54) is 449 Å². The summed E-state index contributed by atoms with van der Waals surface area (Å²) in [7, 11) is 0. The van der Waals surface area contributed by atoms with E-state index in [0.29, 0.717) is 26.3 Å². The van der Waals surface area contributed by atoms with Gasteiger partial charge in [0.25, 0.3) is 0 Å². The van der Waals surface area contributed by atoms with Crippen molar-refractivity contribution in [2.24, 2.45) is 21.7 Å². The third-order valence-corrected chi connectivity index (χ3v) is 21.4. The first-order valence-corrected chi connectivity index (χ1v) is 45.4. The van der Waals surface area contributed by atoms with Crippen LogP contribution in [-0.2, 0) is 18.9 Å². The maximum Gasteiger partial charge on any atom is 0.0553 e. The molecular formula is C90H184N4O4. The largest absolute Gasteiger partial charge is 0.381 e. The zero-order chi connectivity index (χ0) is 71.2. The molecule has 0 rings (SSSR count). The molecule has 0 aliphatic rings. The fourth-order valence-corrected chi connectivity index (χ4v) is 14.2. The van der Waals surface area contributed by atoms with Gasteiger partial charge in [0.1, 0.15) is 0 Å². The van der Waals surface area contributed by atoms with Gasteiger partial charge in [-0.05, 0) is 31.2 Å². The molecule has 0 aromatic carbocycles. The molecule has 8 heteroatoms. The van der Waals surface area contributed by atoms with Gasteiger partial charge in [-0.25, -0.2) is 0 Å². The van der Waals surface area contributed by atoms with E-state index in [0.717, 1.165) is 52.5 Å². The first-order valence-electron chi connectivity index (χ1n) is 45.4. The van der Waals surface area contributed by atoms with Crippen LogP contribution in [0.5, 0.6) is 0 Å². The summed E-state index contributed by atoms with van der Waals surface area (Å²) in [5, 5.41) is 3.87. The topological polar surface area (TPSA) is 112 Å². The maximum atomic E-state index is 8.89. The molecule has 0 spiro atoms. The molecule has 0 aliphatic heterocycles. The molecule has 0 radical (unpaired) electrons. The molecule has 0 unspecified atom stereocenters. The van der Waals surface area contributed by atoms with Crippen LogP contribution in [0.4, 0.5) is 0 Å². The van der Waals surface area contributed by atoms with Crippen LogP contribution in [0.15, 0.2) is 5.11 Å². The van der Waals surface area contributed by atoms with E-state index in [-0.39, 0.29) is 10.8 Å². The van der Waals surface area contributed by atoms with E-state index in [1.54, 1.807) is 0 Å². The molecule has 0 bridgehead atoms. The number of unbranched alkanes of at least 4 members (excludes halogenated alkanes) is 68. The molecule has 98 heavy (non-hydrogen) atoms. The molecule has 588 valence electrons. The molecular weight excluding hydrogens is 1200 g/mol. The number of hydrogen-bond donors (Lipinski definition) is 1. The highest BCUT2D eigenvalue weighted by Gasteiger charge is 2.25. The SMILES string of the molecule is CCCCCCCCCCCCCCCCCCCCOCC(C)(CN)COCCCCCCCCCCCCCCCCCCCC.CCCCCCCCCCCCCCCCCCCCOCC(C)(CN=[N+]=[N-])COCCCCCCCCCCCCCCCCCCCC. The number of nitrogens with two attached hydrogens (primary N) is 1. The second-order valence-corrected chi connectivity index (χ2v) is 32.5. The zero-order valence-electron chi connectivity index (χ0n) is 68.5. The summed E-state index contributed by atoms with van der Waals surface area (Å²) < 4.78 is 24.2. The average Bonchev–Trinajstić information content (AvgIpc) is 2.93. The number of azide groups is 1. The molecule has 8 nitrogen and oxygen atoms in total. The Morgan fingerprint density at radius 1 is 0.224 bits per heavy atom. The average molecular weight is 1390 g/mol. The summed E-state index contributed by atoms with van der Waals surface area (Å²) in [6, 6.07) is 0. The van der Waals surface area contributed by atoms with Gasteiger partial charge in [-0.15, -0.1) is 0 Å². The molecule has 0 atom stereocenters. The quantitative estimate of drug-likeness (QED) is 0.0282. The minimum atomic E-state index is -0.241. The van der Waals surface area contributed by atoms with Crippen LogP contribution in [0, 0.1) is 10.8 Å². The Morgan fingerprint density at radius 2 is 0.357 bits per heavy atom. The summed E-state index contributed by atoms with van der Waals surface area (Å²) in [4.78, 5) is 3.00. The van der Waals surface area contributed by atoms with E-state index >= 15 is 0 Å². The normalized spacial score (nSPS) is 11.9. The fraction of sp³-hybridized carbons (Fsp3) is 1.00. The van der Waals surface area contributed by atoms with E-state index in [9.17, 15) is 0 Å². The number of ether oxygens (including phenoxy) is 4. The highest BCUT2D eigenvalue weighted by molar-refractivity contribution is 4.77. The molecule has 2 N–H and O–H groups in total. The Bertz CT molecular complexity index is 1370. The Morgan fingerprint density at radius 3 is 0.490 bits per heavy atom. The van der Waals surface area contributed by atoms with Crippen molar-refractivity contribution in [2.45, 2.75) is 504 Å². The van der Waals surface area contributed by atoms with Gasteiger partial charge in [0.05, 0.1) is 26.4 Å². The lowest BCUT2D eigenvalue weighted by Crippen LogP contribution is -2.37. The van der Waals surface area contributed by atoms with Gasteiger partial charge in [0.15, 0.2) is 0 Å². The first-order chi connectivity index (χ1) is 48.4. The van der Waals surface area contributed by atoms with Crippen LogP contribution in [0.2, 0.25) is 0 Å². The fourth-order valence-electron chi connectivity index (χ4n) is 14.2. The van der Waals surface area contributed by atoms with Crippen molar-refractivity contribution in [3.63, 3.8) is 0 Å². The van der Waals surface area contributed by atoms with Gasteiger partial charge in [-0.3, -0.25) is 0 Å². The van der Waals surface area contributed by atoms with Crippen LogP contribution >= 0.6 is 0 Å². The van der Waals surface area contributed by atoms with E-state index < -0.39 is 0 Å². The summed E-state index contributed by atoms with van der Waals surface area (Å²) in [5.41, 5.74) is 14.7. The monoisotopic (exact) mass is 1390 g/mol. The molecule has 0 aromatic heterocycles. The summed E-state index contributed by atoms with van der Waals surface area (Å²) in [6.45, 7) is 20.6. The van der Waals surface area contributed by atoms with E-state index in [1.807, 2.05) is 0 Å². The Hall–Kier alpha value is -0.890. The standard InChI is InChI=1S/C45H91N3O2.C45H93NO2/c1-4-6-8-10-12-14-16-18-20-22-24-26-28-30-32-34-36-38-40-49-43-45(3,42-47-48-46)44-50-41-39-37-35-33-31-29-27-25-23-21-19-17-15-13-11-9-7-5-2;1-4-6-8-10-12-14-16-18-20-22-24-26-28-30-32-34-36-38-40-47-43-45(3,42-46)44-48-41-39-37-35-33-31-29-27-25-23-21-19-17-15-13-11-9-7-5-2/h4-44H2,1-3H3;4-44,46H2,1-3H3. The smallest absolute Gasteiger partial charge is 0.0553 e. The third-order valence-electron chi connectivity index (χ3n) is 21.4. The zero-order valence-corrected chi connectivity index (χ0v) is 68.5. The Labute approximate surface area is 617 Å². The van der Waals surface area contributed by atoms with Gasteiger partial charge in [0, 0.05) is 55.3 Å². The lowest BCUT2D eigenvalue weighted by Gasteiger charge is -2.27.